The van der Waals surface area contributed by atoms with Gasteiger partial charge in [0.25, 0.3) is 5.78 Å². The maximum absolute atomic E-state index is 12.4. The van der Waals surface area contributed by atoms with Gasteiger partial charge in [0.2, 0.25) is 0 Å². The molecule has 6 heteroatoms. The summed E-state index contributed by atoms with van der Waals surface area (Å²) in [5, 5.41) is 2.68. The highest BCUT2D eigenvalue weighted by atomic mass is 35.5. The van der Waals surface area contributed by atoms with E-state index in [0.717, 1.165) is 22.1 Å². The number of hydrogen-bond donors (Lipinski definition) is 0. The summed E-state index contributed by atoms with van der Waals surface area (Å²) in [4.78, 5) is 28.1. The maximum atomic E-state index is 12.4. The van der Waals surface area contributed by atoms with Crippen LogP contribution in [0.5, 0.6) is 5.75 Å². The molecule has 142 valence electrons. The van der Waals surface area contributed by atoms with Crippen molar-refractivity contribution in [1.29, 1.82) is 0 Å². The molecule has 3 aromatic rings. The molecule has 0 aliphatic carbocycles. The van der Waals surface area contributed by atoms with Crippen LogP contribution >= 0.6 is 11.6 Å². The van der Waals surface area contributed by atoms with Gasteiger partial charge in [0.15, 0.2) is 0 Å². The summed E-state index contributed by atoms with van der Waals surface area (Å²) in [7, 11) is 3.57. The Morgan fingerprint density at radius 1 is 1.00 bits per heavy atom. The van der Waals surface area contributed by atoms with Crippen molar-refractivity contribution in [3.05, 3.63) is 70.7 Å². The van der Waals surface area contributed by atoms with Crippen molar-refractivity contribution in [3.8, 4) is 5.75 Å². The predicted octanol–water partition coefficient (Wildman–Crippen LogP) is 4.12. The summed E-state index contributed by atoms with van der Waals surface area (Å²) in [5.74, 6) is -0.200. The quantitative estimate of drug-likeness (QED) is 0.611. The molecule has 0 unspecified atom stereocenters. The number of ketones is 1. The molecular weight excluding hydrogens is 376 g/mol. The van der Waals surface area contributed by atoms with Gasteiger partial charge in [0.1, 0.15) is 5.75 Å². The second-order valence-electron chi connectivity index (χ2n) is 6.93. The van der Waals surface area contributed by atoms with Crippen LogP contribution < -0.4 is 9.64 Å². The van der Waals surface area contributed by atoms with E-state index >= 15 is 0 Å². The van der Waals surface area contributed by atoms with Crippen LogP contribution in [0.3, 0.4) is 0 Å². The number of fused-ring (bicyclic) bond motifs is 2. The van der Waals surface area contributed by atoms with Gasteiger partial charge in [-0.3, -0.25) is 19.4 Å². The van der Waals surface area contributed by atoms with Crippen molar-refractivity contribution in [2.75, 3.05) is 25.7 Å². The third-order valence-corrected chi connectivity index (χ3v) is 5.12. The van der Waals surface area contributed by atoms with Crippen LogP contribution in [0.4, 0.5) is 5.69 Å². The summed E-state index contributed by atoms with van der Waals surface area (Å²) in [6, 6.07) is 17.2. The van der Waals surface area contributed by atoms with Gasteiger partial charge in [-0.05, 0) is 59.8 Å². The molecule has 1 aliphatic heterocycles. The molecule has 0 N–H and O–H groups in total. The summed E-state index contributed by atoms with van der Waals surface area (Å²) in [6.07, 6.45) is 0. The van der Waals surface area contributed by atoms with Crippen LogP contribution in [-0.4, -0.2) is 37.4 Å². The SMILES string of the molecule is COc1ccc2cc(CN(C)CN3C(=O)C(=O)c4cc(Cl)ccc43)ccc2c1. The highest BCUT2D eigenvalue weighted by Crippen LogP contribution is 2.31. The fourth-order valence-electron chi connectivity index (χ4n) is 3.51. The first-order valence-electron chi connectivity index (χ1n) is 8.87. The number of nitrogens with zero attached hydrogens (tertiary/aromatic N) is 2. The first-order chi connectivity index (χ1) is 13.5. The van der Waals surface area contributed by atoms with Gasteiger partial charge >= 0.3 is 5.91 Å². The Labute approximate surface area is 168 Å². The fraction of sp³-hybridized carbons (Fsp3) is 0.182. The largest absolute Gasteiger partial charge is 0.497 e. The van der Waals surface area contributed by atoms with Gasteiger partial charge in [0.05, 0.1) is 25.0 Å². The molecule has 0 radical (unpaired) electrons. The molecule has 28 heavy (non-hydrogen) atoms. The minimum Gasteiger partial charge on any atom is -0.497 e. The van der Waals surface area contributed by atoms with E-state index in [1.807, 2.05) is 30.1 Å². The van der Waals surface area contributed by atoms with E-state index in [1.165, 1.54) is 4.90 Å². The highest BCUT2D eigenvalue weighted by molar-refractivity contribution is 6.52. The smallest absolute Gasteiger partial charge is 0.300 e. The Morgan fingerprint density at radius 3 is 2.54 bits per heavy atom. The molecule has 0 saturated carbocycles. The van der Waals surface area contributed by atoms with E-state index in [2.05, 4.69) is 18.2 Å². The van der Waals surface area contributed by atoms with Gasteiger partial charge in [-0.25, -0.2) is 0 Å². The van der Waals surface area contributed by atoms with E-state index in [0.29, 0.717) is 29.5 Å². The maximum Gasteiger partial charge on any atom is 0.300 e. The minimum absolute atomic E-state index is 0.319. The zero-order chi connectivity index (χ0) is 19.8. The normalized spacial score (nSPS) is 13.5. The number of rotatable bonds is 5. The van der Waals surface area contributed by atoms with E-state index in [1.54, 1.807) is 25.3 Å². The Kier molecular flexibility index (Phi) is 4.79. The van der Waals surface area contributed by atoms with Crippen LogP contribution in [0.15, 0.2) is 54.6 Å². The lowest BCUT2D eigenvalue weighted by Gasteiger charge is -2.24. The summed E-state index contributed by atoms with van der Waals surface area (Å²) in [6.45, 7) is 0.961. The van der Waals surface area contributed by atoms with Crippen LogP contribution in [0.2, 0.25) is 5.02 Å². The fourth-order valence-corrected chi connectivity index (χ4v) is 3.69. The second-order valence-corrected chi connectivity index (χ2v) is 7.36. The Hall–Kier alpha value is -2.89. The van der Waals surface area contributed by atoms with E-state index < -0.39 is 11.7 Å². The Morgan fingerprint density at radius 2 is 1.75 bits per heavy atom. The van der Waals surface area contributed by atoms with Gasteiger partial charge in [0, 0.05) is 11.6 Å². The zero-order valence-corrected chi connectivity index (χ0v) is 16.4. The molecule has 5 nitrogen and oxygen atoms in total. The molecule has 4 rings (SSSR count). The predicted molar refractivity (Wildman–Crippen MR) is 110 cm³/mol. The van der Waals surface area contributed by atoms with Crippen molar-refractivity contribution in [1.82, 2.24) is 4.90 Å². The summed E-state index contributed by atoms with van der Waals surface area (Å²) in [5.41, 5.74) is 2.09. The molecular formula is C22H19ClN2O3. The number of anilines is 1. The Balaban J connectivity index is 1.52. The first-order valence-corrected chi connectivity index (χ1v) is 9.25. The third kappa shape index (κ3) is 3.35. The monoisotopic (exact) mass is 394 g/mol. The molecule has 0 saturated heterocycles. The van der Waals surface area contributed by atoms with E-state index in [4.69, 9.17) is 16.3 Å². The molecule has 0 atom stereocenters. The summed E-state index contributed by atoms with van der Waals surface area (Å²) < 4.78 is 5.26. The molecule has 1 amide bonds. The zero-order valence-electron chi connectivity index (χ0n) is 15.6. The summed E-state index contributed by atoms with van der Waals surface area (Å²) >= 11 is 5.96. The molecule has 1 heterocycles. The number of carbonyl (C=O) groups is 2. The molecule has 0 bridgehead atoms. The number of halogens is 1. The second kappa shape index (κ2) is 7.26. The number of benzene rings is 3. The number of carbonyl (C=O) groups excluding carboxylic acids is 2. The molecule has 0 fully saturated rings. The van der Waals surface area contributed by atoms with Crippen molar-refractivity contribution in [2.45, 2.75) is 6.54 Å². The van der Waals surface area contributed by atoms with Crippen molar-refractivity contribution in [3.63, 3.8) is 0 Å². The number of hydrogen-bond acceptors (Lipinski definition) is 4. The van der Waals surface area contributed by atoms with Gasteiger partial charge in [-0.1, -0.05) is 29.8 Å². The minimum atomic E-state index is -0.519. The van der Waals surface area contributed by atoms with E-state index in [-0.39, 0.29) is 0 Å². The number of ether oxygens (including phenoxy) is 1. The van der Waals surface area contributed by atoms with Gasteiger partial charge < -0.3 is 4.74 Å². The average molecular weight is 395 g/mol. The number of Topliss-reactive ketones (excluding diaryl/α,β-unsaturated/α-hetero) is 1. The van der Waals surface area contributed by atoms with Gasteiger partial charge in [-0.2, -0.15) is 0 Å². The highest BCUT2D eigenvalue weighted by Gasteiger charge is 2.36. The van der Waals surface area contributed by atoms with Crippen molar-refractivity contribution < 1.29 is 14.3 Å². The van der Waals surface area contributed by atoms with Crippen LogP contribution in [0, 0.1) is 0 Å². The number of amides is 1. The Bertz CT molecular complexity index is 1100. The lowest BCUT2D eigenvalue weighted by atomic mass is 10.1. The van der Waals surface area contributed by atoms with Crippen LogP contribution in [0.1, 0.15) is 15.9 Å². The molecule has 0 aromatic heterocycles. The lowest BCUT2D eigenvalue weighted by molar-refractivity contribution is -0.114. The lowest BCUT2D eigenvalue weighted by Crippen LogP contribution is -2.38. The van der Waals surface area contributed by atoms with Crippen LogP contribution in [-0.2, 0) is 11.3 Å². The topological polar surface area (TPSA) is 49.9 Å². The van der Waals surface area contributed by atoms with Gasteiger partial charge in [-0.15, -0.1) is 0 Å². The average Bonchev–Trinajstić information content (AvgIpc) is 2.92. The van der Waals surface area contributed by atoms with Crippen LogP contribution in [0.25, 0.3) is 10.8 Å². The standard InChI is InChI=1S/C22H19ClN2O3/c1-24(12-14-3-4-16-10-18(28-2)7-5-15(16)9-14)13-25-20-8-6-17(23)11-19(20)21(26)22(25)27/h3-11H,12-13H2,1-2H3. The number of methoxy groups -OCH3 is 1. The van der Waals surface area contributed by atoms with Crippen molar-refractivity contribution in [2.24, 2.45) is 0 Å². The van der Waals surface area contributed by atoms with Crippen molar-refractivity contribution >= 4 is 39.8 Å². The molecule has 0 spiro atoms. The third-order valence-electron chi connectivity index (χ3n) is 4.88. The van der Waals surface area contributed by atoms with E-state index in [9.17, 15) is 9.59 Å². The molecule has 3 aromatic carbocycles. The first kappa shape index (κ1) is 18.5. The molecule has 1 aliphatic rings.